The van der Waals surface area contributed by atoms with Gasteiger partial charge in [0.2, 0.25) is 0 Å². The van der Waals surface area contributed by atoms with Crippen LogP contribution in [-0.4, -0.2) is 49.6 Å². The van der Waals surface area contributed by atoms with Gasteiger partial charge in [0, 0.05) is 31.0 Å². The van der Waals surface area contributed by atoms with Crippen LogP contribution in [0.15, 0.2) is 24.5 Å². The van der Waals surface area contributed by atoms with Crippen LogP contribution in [0.2, 0.25) is 0 Å². The minimum Gasteiger partial charge on any atom is -0.464 e. The van der Waals surface area contributed by atoms with Gasteiger partial charge in [0.1, 0.15) is 5.54 Å². The number of pyridine rings is 1. The van der Waals surface area contributed by atoms with E-state index in [0.717, 1.165) is 12.1 Å². The van der Waals surface area contributed by atoms with Crippen LogP contribution in [0.1, 0.15) is 19.4 Å². The van der Waals surface area contributed by atoms with E-state index in [1.54, 1.807) is 19.3 Å². The number of carbonyl (C=O) groups is 1. The summed E-state index contributed by atoms with van der Waals surface area (Å²) in [4.78, 5) is 18.4. The van der Waals surface area contributed by atoms with Crippen LogP contribution in [0, 0.1) is 0 Å². The Hall–Kier alpha value is -1.46. The highest BCUT2D eigenvalue weighted by molar-refractivity contribution is 5.82. The molecule has 1 aromatic rings. The second-order valence-corrected chi connectivity index (χ2v) is 4.82. The van der Waals surface area contributed by atoms with E-state index in [9.17, 15) is 4.79 Å². The van der Waals surface area contributed by atoms with Gasteiger partial charge >= 0.3 is 5.97 Å². The first-order chi connectivity index (χ1) is 9.00. The first-order valence-electron chi connectivity index (χ1n) is 6.48. The molecule has 0 spiro atoms. The summed E-state index contributed by atoms with van der Waals surface area (Å²) in [5.74, 6) is -0.276. The molecule has 0 fully saturated rings. The Morgan fingerprint density at radius 2 is 2.26 bits per heavy atom. The summed E-state index contributed by atoms with van der Waals surface area (Å²) in [6, 6.07) is 3.70. The van der Waals surface area contributed by atoms with E-state index >= 15 is 0 Å². The zero-order chi connectivity index (χ0) is 14.3. The summed E-state index contributed by atoms with van der Waals surface area (Å²) in [5, 5.41) is 3.27. The smallest absolute Gasteiger partial charge is 0.330 e. The minimum absolute atomic E-state index is 0.276. The van der Waals surface area contributed by atoms with Crippen molar-refractivity contribution in [1.82, 2.24) is 15.2 Å². The van der Waals surface area contributed by atoms with Gasteiger partial charge in [0.15, 0.2) is 0 Å². The molecule has 0 aliphatic carbocycles. The van der Waals surface area contributed by atoms with E-state index in [4.69, 9.17) is 4.74 Å². The van der Waals surface area contributed by atoms with Gasteiger partial charge in [-0.15, -0.1) is 0 Å². The first-order valence-corrected chi connectivity index (χ1v) is 6.48. The molecular formula is C14H23N3O2. The van der Waals surface area contributed by atoms with E-state index in [-0.39, 0.29) is 5.97 Å². The molecule has 1 atom stereocenters. The molecule has 1 heterocycles. The van der Waals surface area contributed by atoms with Gasteiger partial charge in [-0.3, -0.25) is 10.3 Å². The topological polar surface area (TPSA) is 54.5 Å². The Morgan fingerprint density at radius 1 is 1.53 bits per heavy atom. The second-order valence-electron chi connectivity index (χ2n) is 4.82. The SMILES string of the molecule is CCOC(=O)C(C)(NCCN(C)C)c1cccnc1. The van der Waals surface area contributed by atoms with E-state index in [2.05, 4.69) is 15.2 Å². The maximum absolute atomic E-state index is 12.2. The normalized spacial score (nSPS) is 14.2. The molecule has 0 saturated heterocycles. The van der Waals surface area contributed by atoms with Gasteiger partial charge in [-0.1, -0.05) is 6.07 Å². The summed E-state index contributed by atoms with van der Waals surface area (Å²) in [7, 11) is 3.99. The third kappa shape index (κ3) is 4.29. The second kappa shape index (κ2) is 7.21. The average Bonchev–Trinajstić information content (AvgIpc) is 2.39. The Bertz CT molecular complexity index is 395. The van der Waals surface area contributed by atoms with E-state index in [1.165, 1.54) is 0 Å². The van der Waals surface area contributed by atoms with Gasteiger partial charge in [0.25, 0.3) is 0 Å². The van der Waals surface area contributed by atoms with Crippen LogP contribution in [0.4, 0.5) is 0 Å². The predicted molar refractivity (Wildman–Crippen MR) is 74.8 cm³/mol. The predicted octanol–water partition coefficient (Wildman–Crippen LogP) is 1.01. The molecule has 0 bridgehead atoms. The number of nitrogens with one attached hydrogen (secondary N) is 1. The lowest BCUT2D eigenvalue weighted by Gasteiger charge is -2.29. The first kappa shape index (κ1) is 15.6. The monoisotopic (exact) mass is 265 g/mol. The minimum atomic E-state index is -0.861. The van der Waals surface area contributed by atoms with Crippen molar-refractivity contribution in [1.29, 1.82) is 0 Å². The fourth-order valence-corrected chi connectivity index (χ4v) is 1.76. The number of aromatic nitrogens is 1. The number of esters is 1. The molecule has 0 amide bonds. The van der Waals surface area contributed by atoms with Gasteiger partial charge < -0.3 is 9.64 Å². The number of hydrogen-bond acceptors (Lipinski definition) is 5. The largest absolute Gasteiger partial charge is 0.464 e. The van der Waals surface area contributed by atoms with Crippen molar-refractivity contribution in [2.75, 3.05) is 33.8 Å². The summed E-state index contributed by atoms with van der Waals surface area (Å²) in [5.41, 5.74) is -0.0486. The molecule has 1 unspecified atom stereocenters. The molecule has 1 rings (SSSR count). The molecular weight excluding hydrogens is 242 g/mol. The van der Waals surface area contributed by atoms with Crippen molar-refractivity contribution in [2.24, 2.45) is 0 Å². The lowest BCUT2D eigenvalue weighted by Crippen LogP contribution is -2.49. The number of hydrogen-bond donors (Lipinski definition) is 1. The number of rotatable bonds is 7. The quantitative estimate of drug-likeness (QED) is 0.746. The van der Waals surface area contributed by atoms with Crippen molar-refractivity contribution in [2.45, 2.75) is 19.4 Å². The number of ether oxygens (including phenoxy) is 1. The molecule has 0 aliphatic heterocycles. The van der Waals surface area contributed by atoms with Crippen molar-refractivity contribution in [3.05, 3.63) is 30.1 Å². The fourth-order valence-electron chi connectivity index (χ4n) is 1.76. The summed E-state index contributed by atoms with van der Waals surface area (Å²) in [6.45, 7) is 5.54. The molecule has 0 aliphatic rings. The number of likely N-dealkylation sites (N-methyl/N-ethyl adjacent to an activating group) is 1. The highest BCUT2D eigenvalue weighted by Gasteiger charge is 2.36. The van der Waals surface area contributed by atoms with Crippen LogP contribution < -0.4 is 5.32 Å². The Morgan fingerprint density at radius 3 is 2.79 bits per heavy atom. The van der Waals surface area contributed by atoms with E-state index < -0.39 is 5.54 Å². The Kier molecular flexibility index (Phi) is 5.92. The number of carbonyl (C=O) groups excluding carboxylic acids is 1. The van der Waals surface area contributed by atoms with Crippen LogP contribution in [0.25, 0.3) is 0 Å². The maximum Gasteiger partial charge on any atom is 0.330 e. The standard InChI is InChI=1S/C14H23N3O2/c1-5-19-13(18)14(2,16-9-10-17(3)4)12-7-6-8-15-11-12/h6-8,11,16H,5,9-10H2,1-4H3. The third-order valence-corrected chi connectivity index (χ3v) is 2.96. The van der Waals surface area contributed by atoms with Crippen LogP contribution in [0.5, 0.6) is 0 Å². The maximum atomic E-state index is 12.2. The molecule has 5 heteroatoms. The molecule has 5 nitrogen and oxygen atoms in total. The van der Waals surface area contributed by atoms with Crippen molar-refractivity contribution in [3.63, 3.8) is 0 Å². The zero-order valence-electron chi connectivity index (χ0n) is 12.1. The fraction of sp³-hybridized carbons (Fsp3) is 0.571. The number of nitrogens with zero attached hydrogens (tertiary/aromatic N) is 2. The molecule has 0 saturated carbocycles. The third-order valence-electron chi connectivity index (χ3n) is 2.96. The van der Waals surface area contributed by atoms with Gasteiger partial charge in [-0.05, 0) is 34.0 Å². The molecule has 1 N–H and O–H groups in total. The molecule has 19 heavy (non-hydrogen) atoms. The van der Waals surface area contributed by atoms with Gasteiger partial charge in [-0.2, -0.15) is 0 Å². The average molecular weight is 265 g/mol. The Labute approximate surface area is 115 Å². The van der Waals surface area contributed by atoms with Gasteiger partial charge in [0.05, 0.1) is 6.61 Å². The highest BCUT2D eigenvalue weighted by Crippen LogP contribution is 2.21. The van der Waals surface area contributed by atoms with Crippen LogP contribution in [-0.2, 0) is 15.1 Å². The van der Waals surface area contributed by atoms with Crippen LogP contribution >= 0.6 is 0 Å². The van der Waals surface area contributed by atoms with Gasteiger partial charge in [-0.25, -0.2) is 4.79 Å². The van der Waals surface area contributed by atoms with E-state index in [1.807, 2.05) is 33.2 Å². The summed E-state index contributed by atoms with van der Waals surface area (Å²) < 4.78 is 5.18. The molecule has 1 aromatic heterocycles. The summed E-state index contributed by atoms with van der Waals surface area (Å²) >= 11 is 0. The lowest BCUT2D eigenvalue weighted by atomic mass is 9.93. The molecule has 106 valence electrons. The summed E-state index contributed by atoms with van der Waals surface area (Å²) in [6.07, 6.45) is 3.38. The van der Waals surface area contributed by atoms with Crippen LogP contribution in [0.3, 0.4) is 0 Å². The van der Waals surface area contributed by atoms with Crippen molar-refractivity contribution < 1.29 is 9.53 Å². The lowest BCUT2D eigenvalue weighted by molar-refractivity contribution is -0.151. The highest BCUT2D eigenvalue weighted by atomic mass is 16.5. The van der Waals surface area contributed by atoms with Crippen molar-refractivity contribution in [3.8, 4) is 0 Å². The zero-order valence-corrected chi connectivity index (χ0v) is 12.1. The Balaban J connectivity index is 2.87. The molecule has 0 radical (unpaired) electrons. The molecule has 0 aromatic carbocycles. The van der Waals surface area contributed by atoms with Crippen molar-refractivity contribution >= 4 is 5.97 Å². The van der Waals surface area contributed by atoms with E-state index in [0.29, 0.717) is 13.2 Å².